The van der Waals surface area contributed by atoms with Crippen LogP contribution in [0.2, 0.25) is 0 Å². The summed E-state index contributed by atoms with van der Waals surface area (Å²) in [6.07, 6.45) is 2.94. The largest absolute Gasteiger partial charge is 0.392 e. The number of hydrogen-bond acceptors (Lipinski definition) is 4. The minimum Gasteiger partial charge on any atom is -0.392 e. The van der Waals surface area contributed by atoms with Gasteiger partial charge in [0, 0.05) is 6.54 Å². The van der Waals surface area contributed by atoms with Crippen molar-refractivity contribution >= 4 is 21.4 Å². The first-order chi connectivity index (χ1) is 7.60. The van der Waals surface area contributed by atoms with E-state index in [9.17, 15) is 8.42 Å². The highest BCUT2D eigenvalue weighted by Gasteiger charge is 2.15. The van der Waals surface area contributed by atoms with Crippen LogP contribution in [0.1, 0.15) is 31.7 Å². The first kappa shape index (κ1) is 13.6. The van der Waals surface area contributed by atoms with Gasteiger partial charge >= 0.3 is 0 Å². The maximum absolute atomic E-state index is 11.7. The van der Waals surface area contributed by atoms with Gasteiger partial charge in [-0.05, 0) is 23.4 Å². The Morgan fingerprint density at radius 1 is 1.44 bits per heavy atom. The summed E-state index contributed by atoms with van der Waals surface area (Å²) in [4.78, 5) is 0. The van der Waals surface area contributed by atoms with E-state index in [2.05, 4.69) is 11.6 Å². The van der Waals surface area contributed by atoms with Gasteiger partial charge in [0.25, 0.3) is 0 Å². The number of rotatable bonds is 7. The summed E-state index contributed by atoms with van der Waals surface area (Å²) in [5.41, 5.74) is 0.638. The van der Waals surface area contributed by atoms with Crippen molar-refractivity contribution in [2.75, 3.05) is 6.54 Å². The molecule has 0 aliphatic heterocycles. The number of sulfonamides is 1. The average Bonchev–Trinajstić information content (AvgIpc) is 2.73. The van der Waals surface area contributed by atoms with Gasteiger partial charge in [-0.15, -0.1) is 11.3 Å². The van der Waals surface area contributed by atoms with E-state index in [0.717, 1.165) is 30.6 Å². The van der Waals surface area contributed by atoms with Gasteiger partial charge in [0.2, 0.25) is 10.0 Å². The molecule has 0 saturated carbocycles. The summed E-state index contributed by atoms with van der Waals surface area (Å²) in [6.45, 7) is 2.42. The fourth-order valence-corrected chi connectivity index (χ4v) is 3.55. The van der Waals surface area contributed by atoms with Crippen LogP contribution in [-0.4, -0.2) is 20.1 Å². The third-order valence-corrected chi connectivity index (χ3v) is 5.10. The van der Waals surface area contributed by atoms with Crippen LogP contribution in [0.5, 0.6) is 0 Å². The molecule has 1 rings (SSSR count). The third kappa shape index (κ3) is 3.86. The minimum atomic E-state index is -3.37. The number of unbranched alkanes of at least 4 members (excludes halogenated alkanes) is 2. The summed E-state index contributed by atoms with van der Waals surface area (Å²) >= 11 is 1.13. The fourth-order valence-electron chi connectivity index (χ4n) is 1.23. The van der Waals surface area contributed by atoms with Crippen molar-refractivity contribution in [3.63, 3.8) is 0 Å². The molecule has 16 heavy (non-hydrogen) atoms. The highest BCUT2D eigenvalue weighted by molar-refractivity contribution is 7.91. The van der Waals surface area contributed by atoms with E-state index in [1.165, 1.54) is 6.07 Å². The molecule has 0 bridgehead atoms. The van der Waals surface area contributed by atoms with E-state index in [1.54, 1.807) is 5.38 Å². The molecule has 0 saturated heterocycles. The van der Waals surface area contributed by atoms with Crippen molar-refractivity contribution in [1.29, 1.82) is 0 Å². The third-order valence-electron chi connectivity index (χ3n) is 2.15. The number of aliphatic hydroxyl groups excluding tert-OH is 1. The molecule has 0 aromatic carbocycles. The molecule has 0 amide bonds. The van der Waals surface area contributed by atoms with Gasteiger partial charge in [-0.1, -0.05) is 19.8 Å². The van der Waals surface area contributed by atoms with Crippen LogP contribution in [0.25, 0.3) is 0 Å². The van der Waals surface area contributed by atoms with Crippen LogP contribution in [0.4, 0.5) is 0 Å². The average molecular weight is 263 g/mol. The summed E-state index contributed by atoms with van der Waals surface area (Å²) in [5, 5.41) is 10.5. The second-order valence-electron chi connectivity index (χ2n) is 3.54. The van der Waals surface area contributed by atoms with E-state index >= 15 is 0 Å². The lowest BCUT2D eigenvalue weighted by molar-refractivity contribution is 0.282. The first-order valence-electron chi connectivity index (χ1n) is 5.28. The van der Waals surface area contributed by atoms with Crippen LogP contribution in [-0.2, 0) is 16.6 Å². The molecule has 92 valence electrons. The number of aliphatic hydroxyl groups is 1. The second-order valence-corrected chi connectivity index (χ2v) is 6.44. The first-order valence-corrected chi connectivity index (χ1v) is 7.64. The number of hydrogen-bond donors (Lipinski definition) is 2. The summed E-state index contributed by atoms with van der Waals surface area (Å²) in [6, 6.07) is 1.51. The van der Waals surface area contributed by atoms with Gasteiger partial charge in [-0.25, -0.2) is 13.1 Å². The molecular weight excluding hydrogens is 246 g/mol. The van der Waals surface area contributed by atoms with Crippen molar-refractivity contribution in [3.8, 4) is 0 Å². The lowest BCUT2D eigenvalue weighted by Crippen LogP contribution is -2.23. The molecule has 0 aliphatic rings. The van der Waals surface area contributed by atoms with Gasteiger partial charge in [0.15, 0.2) is 0 Å². The Labute approximate surface area is 100 Å². The lowest BCUT2D eigenvalue weighted by atomic mass is 10.3. The maximum Gasteiger partial charge on any atom is 0.250 e. The Bertz CT molecular complexity index is 411. The van der Waals surface area contributed by atoms with Crippen molar-refractivity contribution in [2.24, 2.45) is 0 Å². The Kier molecular flexibility index (Phi) is 5.40. The second kappa shape index (κ2) is 6.34. The molecule has 0 radical (unpaired) electrons. The quantitative estimate of drug-likeness (QED) is 0.736. The topological polar surface area (TPSA) is 66.4 Å². The Hall–Kier alpha value is -0.430. The van der Waals surface area contributed by atoms with Crippen molar-refractivity contribution < 1.29 is 13.5 Å². The summed E-state index contributed by atoms with van der Waals surface area (Å²) in [7, 11) is -3.37. The van der Waals surface area contributed by atoms with E-state index in [1.807, 2.05) is 0 Å². The number of thiophene rings is 1. The van der Waals surface area contributed by atoms with Crippen LogP contribution in [0.15, 0.2) is 15.7 Å². The SMILES string of the molecule is CCCCCNS(=O)(=O)c1cc(CO)cs1. The van der Waals surface area contributed by atoms with E-state index in [-0.39, 0.29) is 10.8 Å². The van der Waals surface area contributed by atoms with Crippen LogP contribution in [0.3, 0.4) is 0 Å². The molecule has 1 aromatic rings. The molecule has 2 N–H and O–H groups in total. The molecule has 6 heteroatoms. The van der Waals surface area contributed by atoms with Crippen molar-refractivity contribution in [1.82, 2.24) is 4.72 Å². The predicted octanol–water partition coefficient (Wildman–Crippen LogP) is 1.71. The Morgan fingerprint density at radius 2 is 2.19 bits per heavy atom. The van der Waals surface area contributed by atoms with Gasteiger partial charge in [-0.3, -0.25) is 0 Å². The van der Waals surface area contributed by atoms with Gasteiger partial charge in [-0.2, -0.15) is 0 Å². The standard InChI is InChI=1S/C10H17NO3S2/c1-2-3-4-5-11-16(13,14)10-6-9(7-12)8-15-10/h6,8,11-12H,2-5,7H2,1H3. The minimum absolute atomic E-state index is 0.123. The summed E-state index contributed by atoms with van der Waals surface area (Å²) in [5.74, 6) is 0. The van der Waals surface area contributed by atoms with Crippen molar-refractivity contribution in [3.05, 3.63) is 17.0 Å². The molecule has 1 heterocycles. The van der Waals surface area contributed by atoms with Gasteiger partial charge in [0.05, 0.1) is 6.61 Å². The highest BCUT2D eigenvalue weighted by atomic mass is 32.2. The molecule has 0 atom stereocenters. The zero-order valence-corrected chi connectivity index (χ0v) is 10.9. The van der Waals surface area contributed by atoms with Gasteiger partial charge < -0.3 is 5.11 Å². The molecule has 0 unspecified atom stereocenters. The van der Waals surface area contributed by atoms with E-state index in [0.29, 0.717) is 12.1 Å². The highest BCUT2D eigenvalue weighted by Crippen LogP contribution is 2.19. The smallest absolute Gasteiger partial charge is 0.250 e. The molecule has 0 aliphatic carbocycles. The molecule has 0 fully saturated rings. The lowest BCUT2D eigenvalue weighted by Gasteiger charge is -2.03. The molecule has 4 nitrogen and oxygen atoms in total. The maximum atomic E-state index is 11.7. The fraction of sp³-hybridized carbons (Fsp3) is 0.600. The normalized spacial score (nSPS) is 11.9. The Balaban J connectivity index is 2.56. The zero-order chi connectivity index (χ0) is 12.0. The van der Waals surface area contributed by atoms with Crippen LogP contribution in [0, 0.1) is 0 Å². The van der Waals surface area contributed by atoms with E-state index < -0.39 is 10.0 Å². The van der Waals surface area contributed by atoms with Crippen LogP contribution < -0.4 is 4.72 Å². The molecule has 0 spiro atoms. The van der Waals surface area contributed by atoms with E-state index in [4.69, 9.17) is 5.11 Å². The van der Waals surface area contributed by atoms with Crippen LogP contribution >= 0.6 is 11.3 Å². The monoisotopic (exact) mass is 263 g/mol. The predicted molar refractivity (Wildman–Crippen MR) is 65.0 cm³/mol. The molecule has 1 aromatic heterocycles. The summed E-state index contributed by atoms with van der Waals surface area (Å²) < 4.78 is 26.3. The van der Waals surface area contributed by atoms with Gasteiger partial charge in [0.1, 0.15) is 4.21 Å². The molecular formula is C10H17NO3S2. The van der Waals surface area contributed by atoms with Crippen molar-refractivity contribution in [2.45, 2.75) is 37.0 Å². The Morgan fingerprint density at radius 3 is 2.75 bits per heavy atom. The number of nitrogens with one attached hydrogen (secondary N) is 1. The zero-order valence-electron chi connectivity index (χ0n) is 9.27.